The molecule has 4 aromatic rings. The molecule has 2 aromatic carbocycles. The molecule has 7 heteroatoms. The average molecular weight is 492 g/mol. The summed E-state index contributed by atoms with van der Waals surface area (Å²) in [4.78, 5) is 23.9. The molecule has 0 spiro atoms. The van der Waals surface area contributed by atoms with Crippen molar-refractivity contribution in [2.24, 2.45) is 0 Å². The van der Waals surface area contributed by atoms with Crippen molar-refractivity contribution in [1.82, 2.24) is 14.8 Å². The van der Waals surface area contributed by atoms with Crippen LogP contribution >= 0.6 is 0 Å². The van der Waals surface area contributed by atoms with Gasteiger partial charge in [-0.2, -0.15) is 5.26 Å². The van der Waals surface area contributed by atoms with E-state index >= 15 is 0 Å². The third kappa shape index (κ3) is 4.45. The van der Waals surface area contributed by atoms with Gasteiger partial charge in [-0.05, 0) is 55.8 Å². The van der Waals surface area contributed by atoms with E-state index < -0.39 is 0 Å². The summed E-state index contributed by atoms with van der Waals surface area (Å²) in [6.45, 7) is 5.29. The van der Waals surface area contributed by atoms with Gasteiger partial charge in [0.25, 0.3) is 5.91 Å². The van der Waals surface area contributed by atoms with E-state index in [0.29, 0.717) is 22.5 Å². The SMILES string of the molecule is CN1CCN(C(=O)c2ccc(-c3cc4nccc(-c5ccc(N6CCCC6)c(C#N)c5)c4o3)cc2)CC1. The van der Waals surface area contributed by atoms with Crippen LogP contribution in [0.25, 0.3) is 33.6 Å². The van der Waals surface area contributed by atoms with Gasteiger partial charge in [0.15, 0.2) is 5.58 Å². The van der Waals surface area contributed by atoms with Gasteiger partial charge in [0.05, 0.1) is 11.3 Å². The van der Waals surface area contributed by atoms with Crippen molar-refractivity contribution in [3.05, 3.63) is 71.9 Å². The molecule has 0 bridgehead atoms. The molecule has 2 saturated heterocycles. The van der Waals surface area contributed by atoms with Crippen LogP contribution in [0.3, 0.4) is 0 Å². The molecule has 2 fully saturated rings. The van der Waals surface area contributed by atoms with Crippen LogP contribution in [0, 0.1) is 11.3 Å². The Balaban J connectivity index is 1.29. The number of likely N-dealkylation sites (N-methyl/N-ethyl adjacent to an activating group) is 1. The first-order valence-corrected chi connectivity index (χ1v) is 12.9. The maximum Gasteiger partial charge on any atom is 0.253 e. The maximum absolute atomic E-state index is 12.9. The van der Waals surface area contributed by atoms with Gasteiger partial charge in [0, 0.05) is 68.2 Å². The Morgan fingerprint density at radius 3 is 2.38 bits per heavy atom. The van der Waals surface area contributed by atoms with Gasteiger partial charge in [-0.15, -0.1) is 0 Å². The molecule has 6 rings (SSSR count). The molecule has 2 aliphatic heterocycles. The standard InChI is InChI=1S/C30H29N5O2/c1-33-14-16-35(17-15-33)30(36)22-6-4-21(5-7-22)28-19-26-29(37-28)25(10-11-32-26)23-8-9-27(24(18-23)20-31)34-12-2-3-13-34/h4-11,18-19H,2-3,12-17H2,1H3. The fraction of sp³-hybridized carbons (Fsp3) is 0.300. The predicted molar refractivity (Wildman–Crippen MR) is 144 cm³/mol. The fourth-order valence-corrected chi connectivity index (χ4v) is 5.30. The summed E-state index contributed by atoms with van der Waals surface area (Å²) in [5.41, 5.74) is 6.53. The zero-order valence-corrected chi connectivity index (χ0v) is 21.0. The number of fused-ring (bicyclic) bond motifs is 1. The minimum absolute atomic E-state index is 0.0684. The molecule has 0 unspecified atom stereocenters. The monoisotopic (exact) mass is 491 g/mol. The fourth-order valence-electron chi connectivity index (χ4n) is 5.30. The van der Waals surface area contributed by atoms with E-state index in [1.54, 1.807) is 6.20 Å². The van der Waals surface area contributed by atoms with E-state index in [4.69, 9.17) is 4.42 Å². The molecule has 186 valence electrons. The Hall–Kier alpha value is -4.15. The van der Waals surface area contributed by atoms with Crippen LogP contribution in [0.15, 0.2) is 65.2 Å². The van der Waals surface area contributed by atoms with Crippen molar-refractivity contribution < 1.29 is 9.21 Å². The molecule has 0 atom stereocenters. The lowest BCUT2D eigenvalue weighted by Crippen LogP contribution is -2.47. The molecule has 7 nitrogen and oxygen atoms in total. The van der Waals surface area contributed by atoms with E-state index in [0.717, 1.165) is 80.0 Å². The van der Waals surface area contributed by atoms with Crippen LogP contribution in [0.1, 0.15) is 28.8 Å². The number of carbonyl (C=O) groups is 1. The van der Waals surface area contributed by atoms with Gasteiger partial charge in [-0.3, -0.25) is 9.78 Å². The number of furan rings is 1. The second-order valence-electron chi connectivity index (χ2n) is 9.89. The van der Waals surface area contributed by atoms with E-state index in [2.05, 4.69) is 34.0 Å². The minimum Gasteiger partial charge on any atom is -0.454 e. The van der Waals surface area contributed by atoms with Gasteiger partial charge in [-0.25, -0.2) is 0 Å². The van der Waals surface area contributed by atoms with Gasteiger partial charge in [0.2, 0.25) is 0 Å². The van der Waals surface area contributed by atoms with E-state index in [1.807, 2.05) is 53.4 Å². The summed E-state index contributed by atoms with van der Waals surface area (Å²) in [6, 6.07) is 19.9. The summed E-state index contributed by atoms with van der Waals surface area (Å²) in [5, 5.41) is 9.83. The van der Waals surface area contributed by atoms with E-state index in [-0.39, 0.29) is 5.91 Å². The summed E-state index contributed by atoms with van der Waals surface area (Å²) < 4.78 is 6.31. The van der Waals surface area contributed by atoms with Crippen molar-refractivity contribution in [1.29, 1.82) is 5.26 Å². The Kier molecular flexibility index (Phi) is 6.11. The zero-order chi connectivity index (χ0) is 25.4. The highest BCUT2D eigenvalue weighted by molar-refractivity contribution is 5.95. The summed E-state index contributed by atoms with van der Waals surface area (Å²) in [6.07, 6.45) is 4.10. The van der Waals surface area contributed by atoms with Gasteiger partial charge >= 0.3 is 0 Å². The average Bonchev–Trinajstić information content (AvgIpc) is 3.63. The molecule has 2 aromatic heterocycles. The van der Waals surface area contributed by atoms with Crippen LogP contribution < -0.4 is 4.90 Å². The molecular formula is C30H29N5O2. The van der Waals surface area contributed by atoms with Gasteiger partial charge in [0.1, 0.15) is 17.3 Å². The third-order valence-electron chi connectivity index (χ3n) is 7.49. The molecule has 0 N–H and O–H groups in total. The maximum atomic E-state index is 12.9. The number of pyridine rings is 1. The summed E-state index contributed by atoms with van der Waals surface area (Å²) in [7, 11) is 2.08. The summed E-state index contributed by atoms with van der Waals surface area (Å²) in [5.74, 6) is 0.765. The molecular weight excluding hydrogens is 462 g/mol. The van der Waals surface area contributed by atoms with Crippen LogP contribution in [0.2, 0.25) is 0 Å². The number of anilines is 1. The highest BCUT2D eigenvalue weighted by Crippen LogP contribution is 2.36. The van der Waals surface area contributed by atoms with Crippen molar-refractivity contribution in [3.63, 3.8) is 0 Å². The first-order valence-electron chi connectivity index (χ1n) is 12.9. The largest absolute Gasteiger partial charge is 0.454 e. The first-order chi connectivity index (χ1) is 18.1. The van der Waals surface area contributed by atoms with Crippen molar-refractivity contribution in [2.75, 3.05) is 51.2 Å². The highest BCUT2D eigenvalue weighted by Gasteiger charge is 2.21. The zero-order valence-electron chi connectivity index (χ0n) is 21.0. The number of benzene rings is 2. The number of aromatic nitrogens is 1. The number of nitrogens with zero attached hydrogens (tertiary/aromatic N) is 5. The smallest absolute Gasteiger partial charge is 0.253 e. The van der Waals surface area contributed by atoms with Crippen molar-refractivity contribution in [2.45, 2.75) is 12.8 Å². The summed E-state index contributed by atoms with van der Waals surface area (Å²) >= 11 is 0. The van der Waals surface area contributed by atoms with Crippen LogP contribution in [0.4, 0.5) is 5.69 Å². The topological polar surface area (TPSA) is 76.6 Å². The van der Waals surface area contributed by atoms with Crippen LogP contribution in [-0.4, -0.2) is 67.0 Å². The highest BCUT2D eigenvalue weighted by atomic mass is 16.3. The normalized spacial score (nSPS) is 16.3. The van der Waals surface area contributed by atoms with E-state index in [1.165, 1.54) is 0 Å². The second-order valence-corrected chi connectivity index (χ2v) is 9.89. The van der Waals surface area contributed by atoms with Crippen molar-refractivity contribution >= 4 is 22.7 Å². The Bertz CT molecular complexity index is 1490. The lowest BCUT2D eigenvalue weighted by Gasteiger charge is -2.32. The minimum atomic E-state index is 0.0684. The quantitative estimate of drug-likeness (QED) is 0.399. The van der Waals surface area contributed by atoms with Crippen molar-refractivity contribution in [3.8, 4) is 28.5 Å². The lowest BCUT2D eigenvalue weighted by molar-refractivity contribution is 0.0664. The molecule has 2 aliphatic rings. The number of rotatable bonds is 4. The number of piperazine rings is 1. The third-order valence-corrected chi connectivity index (χ3v) is 7.49. The Labute approximate surface area is 216 Å². The molecule has 4 heterocycles. The molecule has 0 aliphatic carbocycles. The van der Waals surface area contributed by atoms with Gasteiger partial charge in [-0.1, -0.05) is 18.2 Å². The Morgan fingerprint density at radius 1 is 0.919 bits per heavy atom. The Morgan fingerprint density at radius 2 is 1.65 bits per heavy atom. The first kappa shape index (κ1) is 23.3. The van der Waals surface area contributed by atoms with Crippen LogP contribution in [-0.2, 0) is 0 Å². The van der Waals surface area contributed by atoms with Crippen LogP contribution in [0.5, 0.6) is 0 Å². The van der Waals surface area contributed by atoms with Gasteiger partial charge < -0.3 is 19.1 Å². The number of hydrogen-bond acceptors (Lipinski definition) is 6. The predicted octanol–water partition coefficient (Wildman–Crippen LogP) is 5.02. The number of carbonyl (C=O) groups excluding carboxylic acids is 1. The van der Waals surface area contributed by atoms with E-state index in [9.17, 15) is 10.1 Å². The molecule has 37 heavy (non-hydrogen) atoms. The molecule has 1 amide bonds. The number of amides is 1. The number of hydrogen-bond donors (Lipinski definition) is 0. The lowest BCUT2D eigenvalue weighted by atomic mass is 10.0. The molecule has 0 saturated carbocycles. The second kappa shape index (κ2) is 9.72. The number of nitriles is 1. The molecule has 0 radical (unpaired) electrons.